The number of aliphatic hydroxyl groups is 1. The third kappa shape index (κ3) is 2.37. The SMILES string of the molecule is COc1ccc(O)c([C@@H](N)CCO)c1. The van der Waals surface area contributed by atoms with Crippen molar-refractivity contribution in [3.8, 4) is 11.5 Å². The van der Waals surface area contributed by atoms with Crippen LogP contribution in [0.5, 0.6) is 11.5 Å². The van der Waals surface area contributed by atoms with E-state index in [1.807, 2.05) is 0 Å². The Morgan fingerprint density at radius 2 is 2.21 bits per heavy atom. The Morgan fingerprint density at radius 3 is 2.79 bits per heavy atom. The van der Waals surface area contributed by atoms with Gasteiger partial charge in [-0.2, -0.15) is 0 Å². The first kappa shape index (κ1) is 10.8. The van der Waals surface area contributed by atoms with Gasteiger partial charge in [0.15, 0.2) is 0 Å². The smallest absolute Gasteiger partial charge is 0.120 e. The van der Waals surface area contributed by atoms with Crippen LogP contribution in [0.15, 0.2) is 18.2 Å². The highest BCUT2D eigenvalue weighted by atomic mass is 16.5. The second-order valence-electron chi connectivity index (χ2n) is 3.04. The van der Waals surface area contributed by atoms with E-state index in [1.165, 1.54) is 6.07 Å². The molecule has 0 radical (unpaired) electrons. The van der Waals surface area contributed by atoms with E-state index in [1.54, 1.807) is 19.2 Å². The summed E-state index contributed by atoms with van der Waals surface area (Å²) in [5.74, 6) is 0.776. The van der Waals surface area contributed by atoms with Crippen molar-refractivity contribution in [3.05, 3.63) is 23.8 Å². The molecule has 1 atom stereocenters. The zero-order valence-corrected chi connectivity index (χ0v) is 8.10. The molecule has 4 N–H and O–H groups in total. The molecule has 1 rings (SSSR count). The number of phenols is 1. The summed E-state index contributed by atoms with van der Waals surface area (Å²) in [4.78, 5) is 0. The van der Waals surface area contributed by atoms with Crippen LogP contribution in [0.4, 0.5) is 0 Å². The molecule has 0 aliphatic rings. The van der Waals surface area contributed by atoms with E-state index in [-0.39, 0.29) is 18.4 Å². The maximum Gasteiger partial charge on any atom is 0.120 e. The fourth-order valence-electron chi connectivity index (χ4n) is 1.25. The Morgan fingerprint density at radius 1 is 1.50 bits per heavy atom. The normalized spacial score (nSPS) is 12.5. The Hall–Kier alpha value is -1.26. The Labute approximate surface area is 82.9 Å². The van der Waals surface area contributed by atoms with Gasteiger partial charge in [0.2, 0.25) is 0 Å². The topological polar surface area (TPSA) is 75.7 Å². The minimum atomic E-state index is -0.366. The van der Waals surface area contributed by atoms with Gasteiger partial charge in [0, 0.05) is 18.2 Å². The van der Waals surface area contributed by atoms with E-state index in [2.05, 4.69) is 0 Å². The largest absolute Gasteiger partial charge is 0.508 e. The molecule has 0 bridgehead atoms. The summed E-state index contributed by atoms with van der Waals surface area (Å²) in [5.41, 5.74) is 6.35. The molecule has 0 amide bonds. The predicted octanol–water partition coefficient (Wildman–Crippen LogP) is 0.783. The summed E-state index contributed by atoms with van der Waals surface area (Å²) in [6.45, 7) is -0.00217. The zero-order valence-electron chi connectivity index (χ0n) is 8.10. The van der Waals surface area contributed by atoms with Gasteiger partial charge < -0.3 is 20.7 Å². The fraction of sp³-hybridized carbons (Fsp3) is 0.400. The molecular weight excluding hydrogens is 182 g/mol. The number of hydrogen-bond acceptors (Lipinski definition) is 4. The van der Waals surface area contributed by atoms with Gasteiger partial charge in [0.05, 0.1) is 7.11 Å². The lowest BCUT2D eigenvalue weighted by Gasteiger charge is -2.13. The molecule has 78 valence electrons. The van der Waals surface area contributed by atoms with Crippen LogP contribution >= 0.6 is 0 Å². The number of phenolic OH excluding ortho intramolecular Hbond substituents is 1. The van der Waals surface area contributed by atoms with E-state index in [0.29, 0.717) is 17.7 Å². The number of methoxy groups -OCH3 is 1. The number of ether oxygens (including phenoxy) is 1. The quantitative estimate of drug-likeness (QED) is 0.666. The molecule has 0 saturated heterocycles. The van der Waals surface area contributed by atoms with E-state index >= 15 is 0 Å². The minimum Gasteiger partial charge on any atom is -0.508 e. The van der Waals surface area contributed by atoms with Gasteiger partial charge in [0.1, 0.15) is 11.5 Å². The zero-order chi connectivity index (χ0) is 10.6. The molecule has 0 unspecified atom stereocenters. The molecule has 14 heavy (non-hydrogen) atoms. The molecule has 0 aliphatic carbocycles. The van der Waals surface area contributed by atoms with Crippen LogP contribution in [0.25, 0.3) is 0 Å². The summed E-state index contributed by atoms with van der Waals surface area (Å²) in [6.07, 6.45) is 0.417. The van der Waals surface area contributed by atoms with Crippen molar-refractivity contribution in [2.24, 2.45) is 5.73 Å². The number of aromatic hydroxyl groups is 1. The molecule has 0 spiro atoms. The third-order valence-corrected chi connectivity index (χ3v) is 2.07. The summed E-state index contributed by atoms with van der Waals surface area (Å²) >= 11 is 0. The van der Waals surface area contributed by atoms with E-state index in [0.717, 1.165) is 0 Å². The molecular formula is C10H15NO3. The molecule has 0 heterocycles. The maximum atomic E-state index is 9.51. The van der Waals surface area contributed by atoms with E-state index < -0.39 is 0 Å². The second kappa shape index (κ2) is 4.83. The lowest BCUT2D eigenvalue weighted by atomic mass is 10.0. The van der Waals surface area contributed by atoms with Crippen molar-refractivity contribution in [1.82, 2.24) is 0 Å². The lowest BCUT2D eigenvalue weighted by molar-refractivity contribution is 0.275. The van der Waals surface area contributed by atoms with Crippen LogP contribution in [0.3, 0.4) is 0 Å². The standard InChI is InChI=1S/C10H15NO3/c1-14-7-2-3-10(13)8(6-7)9(11)4-5-12/h2-3,6,9,12-13H,4-5,11H2,1H3/t9-/m0/s1. The molecule has 0 fully saturated rings. The Bertz CT molecular complexity index is 301. The molecule has 0 saturated carbocycles. The minimum absolute atomic E-state index is 0.00217. The average Bonchev–Trinajstić information content (AvgIpc) is 2.19. The molecule has 4 nitrogen and oxygen atoms in total. The summed E-state index contributed by atoms with van der Waals surface area (Å²) < 4.78 is 5.01. The molecule has 1 aromatic rings. The van der Waals surface area contributed by atoms with Gasteiger partial charge in [-0.25, -0.2) is 0 Å². The Balaban J connectivity index is 2.93. The first-order chi connectivity index (χ1) is 6.69. The predicted molar refractivity (Wildman–Crippen MR) is 53.3 cm³/mol. The number of hydrogen-bond donors (Lipinski definition) is 3. The average molecular weight is 197 g/mol. The summed E-state index contributed by atoms with van der Waals surface area (Å²) in [6, 6.07) is 4.50. The van der Waals surface area contributed by atoms with Crippen LogP contribution in [0, 0.1) is 0 Å². The van der Waals surface area contributed by atoms with Crippen LogP contribution in [0.1, 0.15) is 18.0 Å². The van der Waals surface area contributed by atoms with Gasteiger partial charge in [0.25, 0.3) is 0 Å². The lowest BCUT2D eigenvalue weighted by Crippen LogP contribution is -2.12. The van der Waals surface area contributed by atoms with Crippen molar-refractivity contribution < 1.29 is 14.9 Å². The number of benzene rings is 1. The van der Waals surface area contributed by atoms with Crippen LogP contribution in [-0.2, 0) is 0 Å². The van der Waals surface area contributed by atoms with Gasteiger partial charge in [-0.15, -0.1) is 0 Å². The first-order valence-corrected chi connectivity index (χ1v) is 4.42. The van der Waals surface area contributed by atoms with Crippen molar-refractivity contribution >= 4 is 0 Å². The van der Waals surface area contributed by atoms with Crippen LogP contribution in [-0.4, -0.2) is 23.9 Å². The Kier molecular flexibility index (Phi) is 3.73. The molecule has 0 aliphatic heterocycles. The highest BCUT2D eigenvalue weighted by molar-refractivity contribution is 5.41. The van der Waals surface area contributed by atoms with Crippen molar-refractivity contribution in [1.29, 1.82) is 0 Å². The van der Waals surface area contributed by atoms with Gasteiger partial charge in [-0.05, 0) is 24.6 Å². The maximum absolute atomic E-state index is 9.51. The highest BCUT2D eigenvalue weighted by Crippen LogP contribution is 2.28. The van der Waals surface area contributed by atoms with E-state index in [9.17, 15) is 5.11 Å². The van der Waals surface area contributed by atoms with E-state index in [4.69, 9.17) is 15.6 Å². The third-order valence-electron chi connectivity index (χ3n) is 2.07. The first-order valence-electron chi connectivity index (χ1n) is 4.42. The molecule has 4 heteroatoms. The molecule has 1 aromatic carbocycles. The van der Waals surface area contributed by atoms with Crippen molar-refractivity contribution in [2.75, 3.05) is 13.7 Å². The number of rotatable bonds is 4. The second-order valence-corrected chi connectivity index (χ2v) is 3.04. The number of nitrogens with two attached hydrogens (primary N) is 1. The fourth-order valence-corrected chi connectivity index (χ4v) is 1.25. The molecule has 0 aromatic heterocycles. The van der Waals surface area contributed by atoms with Gasteiger partial charge in [-0.3, -0.25) is 0 Å². The van der Waals surface area contributed by atoms with Crippen LogP contribution < -0.4 is 10.5 Å². The van der Waals surface area contributed by atoms with Crippen molar-refractivity contribution in [2.45, 2.75) is 12.5 Å². The number of aliphatic hydroxyl groups excluding tert-OH is 1. The van der Waals surface area contributed by atoms with Gasteiger partial charge in [-0.1, -0.05) is 0 Å². The van der Waals surface area contributed by atoms with Crippen LogP contribution in [0.2, 0.25) is 0 Å². The highest BCUT2D eigenvalue weighted by Gasteiger charge is 2.11. The van der Waals surface area contributed by atoms with Crippen molar-refractivity contribution in [3.63, 3.8) is 0 Å². The summed E-state index contributed by atoms with van der Waals surface area (Å²) in [5, 5.41) is 18.2. The summed E-state index contributed by atoms with van der Waals surface area (Å²) in [7, 11) is 1.55. The monoisotopic (exact) mass is 197 g/mol. The van der Waals surface area contributed by atoms with Gasteiger partial charge >= 0.3 is 0 Å².